The standard InChI is InChI=1S/C12H22N4O/c1-6-9-7-10(17-16-9)8-14-11(13-5)15-12(2,3)4/h7H,6,8H2,1-5H3,(H2,13,14,15). The quantitative estimate of drug-likeness (QED) is 0.621. The molecule has 0 fully saturated rings. The fraction of sp³-hybridized carbons (Fsp3) is 0.667. The zero-order valence-electron chi connectivity index (χ0n) is 11.3. The summed E-state index contributed by atoms with van der Waals surface area (Å²) in [7, 11) is 1.75. The highest BCUT2D eigenvalue weighted by molar-refractivity contribution is 5.80. The van der Waals surface area contributed by atoms with E-state index >= 15 is 0 Å². The number of aryl methyl sites for hydroxylation is 1. The third kappa shape index (κ3) is 4.89. The Morgan fingerprint density at radius 3 is 2.65 bits per heavy atom. The predicted octanol–water partition coefficient (Wildman–Crippen LogP) is 1.70. The Morgan fingerprint density at radius 2 is 2.18 bits per heavy atom. The molecule has 0 bridgehead atoms. The third-order valence-corrected chi connectivity index (χ3v) is 2.12. The van der Waals surface area contributed by atoms with E-state index in [1.54, 1.807) is 7.05 Å². The van der Waals surface area contributed by atoms with Gasteiger partial charge in [-0.25, -0.2) is 0 Å². The molecule has 17 heavy (non-hydrogen) atoms. The van der Waals surface area contributed by atoms with E-state index in [0.717, 1.165) is 23.8 Å². The number of nitrogens with zero attached hydrogens (tertiary/aromatic N) is 2. The Hall–Kier alpha value is -1.52. The predicted molar refractivity (Wildman–Crippen MR) is 69.0 cm³/mol. The van der Waals surface area contributed by atoms with E-state index in [4.69, 9.17) is 4.52 Å². The minimum atomic E-state index is -0.0160. The molecule has 0 aliphatic heterocycles. The van der Waals surface area contributed by atoms with E-state index in [1.807, 2.05) is 6.07 Å². The number of aromatic nitrogens is 1. The van der Waals surface area contributed by atoms with E-state index in [1.165, 1.54) is 0 Å². The Morgan fingerprint density at radius 1 is 1.47 bits per heavy atom. The second kappa shape index (κ2) is 5.70. The molecular formula is C12H22N4O. The number of guanidine groups is 1. The van der Waals surface area contributed by atoms with Crippen LogP contribution in [0.2, 0.25) is 0 Å². The van der Waals surface area contributed by atoms with Crippen LogP contribution in [0.1, 0.15) is 39.1 Å². The summed E-state index contributed by atoms with van der Waals surface area (Å²) in [6.07, 6.45) is 0.887. The van der Waals surface area contributed by atoms with Crippen molar-refractivity contribution in [2.75, 3.05) is 7.05 Å². The largest absolute Gasteiger partial charge is 0.359 e. The summed E-state index contributed by atoms with van der Waals surface area (Å²) in [6, 6.07) is 1.96. The van der Waals surface area contributed by atoms with Gasteiger partial charge < -0.3 is 15.2 Å². The van der Waals surface area contributed by atoms with Crippen molar-refractivity contribution in [1.82, 2.24) is 15.8 Å². The third-order valence-electron chi connectivity index (χ3n) is 2.12. The van der Waals surface area contributed by atoms with Gasteiger partial charge in [0.05, 0.1) is 12.2 Å². The van der Waals surface area contributed by atoms with Crippen molar-refractivity contribution >= 4 is 5.96 Å². The second-order valence-electron chi connectivity index (χ2n) is 4.94. The van der Waals surface area contributed by atoms with Crippen LogP contribution in [0.15, 0.2) is 15.6 Å². The molecule has 5 heteroatoms. The minimum absolute atomic E-state index is 0.0160. The highest BCUT2D eigenvalue weighted by Crippen LogP contribution is 2.04. The Bertz CT molecular complexity index is 376. The Labute approximate surface area is 103 Å². The van der Waals surface area contributed by atoms with Crippen LogP contribution in [-0.2, 0) is 13.0 Å². The van der Waals surface area contributed by atoms with Crippen LogP contribution in [0, 0.1) is 0 Å². The zero-order valence-corrected chi connectivity index (χ0v) is 11.3. The first-order valence-corrected chi connectivity index (χ1v) is 5.88. The van der Waals surface area contributed by atoms with Gasteiger partial charge in [0, 0.05) is 18.7 Å². The van der Waals surface area contributed by atoms with Crippen molar-refractivity contribution in [2.24, 2.45) is 4.99 Å². The lowest BCUT2D eigenvalue weighted by Crippen LogP contribution is -2.47. The van der Waals surface area contributed by atoms with Crippen LogP contribution in [0.5, 0.6) is 0 Å². The average molecular weight is 238 g/mol. The van der Waals surface area contributed by atoms with Crippen LogP contribution in [0.25, 0.3) is 0 Å². The van der Waals surface area contributed by atoms with Gasteiger partial charge in [0.1, 0.15) is 0 Å². The summed E-state index contributed by atoms with van der Waals surface area (Å²) in [5.74, 6) is 1.57. The summed E-state index contributed by atoms with van der Waals surface area (Å²) < 4.78 is 5.19. The molecule has 1 heterocycles. The molecule has 0 unspecified atom stereocenters. The van der Waals surface area contributed by atoms with Gasteiger partial charge in [0.2, 0.25) is 0 Å². The number of hydrogen-bond donors (Lipinski definition) is 2. The first kappa shape index (κ1) is 13.5. The van der Waals surface area contributed by atoms with Gasteiger partial charge in [0.25, 0.3) is 0 Å². The van der Waals surface area contributed by atoms with Crippen LogP contribution >= 0.6 is 0 Å². The molecule has 1 aromatic heterocycles. The van der Waals surface area contributed by atoms with Gasteiger partial charge in [-0.1, -0.05) is 12.1 Å². The summed E-state index contributed by atoms with van der Waals surface area (Å²) in [5.41, 5.74) is 0.957. The average Bonchev–Trinajstić information content (AvgIpc) is 2.70. The molecule has 1 rings (SSSR count). The molecule has 0 aliphatic carbocycles. The van der Waals surface area contributed by atoms with Crippen molar-refractivity contribution in [2.45, 2.75) is 46.2 Å². The molecule has 0 aliphatic rings. The van der Waals surface area contributed by atoms with Crippen LogP contribution < -0.4 is 10.6 Å². The molecule has 0 saturated heterocycles. The van der Waals surface area contributed by atoms with Gasteiger partial charge in [-0.2, -0.15) is 0 Å². The Kier molecular flexibility index (Phi) is 4.54. The number of hydrogen-bond acceptors (Lipinski definition) is 3. The molecule has 5 nitrogen and oxygen atoms in total. The smallest absolute Gasteiger partial charge is 0.191 e. The first-order valence-electron chi connectivity index (χ1n) is 5.88. The van der Waals surface area contributed by atoms with E-state index in [2.05, 4.69) is 48.5 Å². The lowest BCUT2D eigenvalue weighted by molar-refractivity contribution is 0.373. The number of nitrogens with one attached hydrogen (secondary N) is 2. The van der Waals surface area contributed by atoms with Crippen molar-refractivity contribution in [3.63, 3.8) is 0 Å². The number of rotatable bonds is 3. The number of aliphatic imine (C=N–C) groups is 1. The highest BCUT2D eigenvalue weighted by Gasteiger charge is 2.12. The lowest BCUT2D eigenvalue weighted by atomic mass is 10.1. The fourth-order valence-corrected chi connectivity index (χ4v) is 1.31. The van der Waals surface area contributed by atoms with Crippen LogP contribution in [0.4, 0.5) is 0 Å². The molecule has 1 aromatic rings. The summed E-state index contributed by atoms with van der Waals surface area (Å²) in [4.78, 5) is 4.15. The van der Waals surface area contributed by atoms with Crippen molar-refractivity contribution in [3.05, 3.63) is 17.5 Å². The molecule has 0 radical (unpaired) electrons. The molecular weight excluding hydrogens is 216 g/mol. The second-order valence-corrected chi connectivity index (χ2v) is 4.94. The van der Waals surface area contributed by atoms with Crippen LogP contribution in [0.3, 0.4) is 0 Å². The van der Waals surface area contributed by atoms with Gasteiger partial charge in [-0.15, -0.1) is 0 Å². The zero-order chi connectivity index (χ0) is 12.9. The Balaban J connectivity index is 2.48. The molecule has 96 valence electrons. The lowest BCUT2D eigenvalue weighted by Gasteiger charge is -2.23. The molecule has 0 spiro atoms. The van der Waals surface area contributed by atoms with E-state index in [0.29, 0.717) is 6.54 Å². The molecule has 0 aromatic carbocycles. The summed E-state index contributed by atoms with van der Waals surface area (Å²) in [6.45, 7) is 8.90. The van der Waals surface area contributed by atoms with Gasteiger partial charge in [0.15, 0.2) is 11.7 Å². The molecule has 2 N–H and O–H groups in total. The van der Waals surface area contributed by atoms with Crippen molar-refractivity contribution < 1.29 is 4.52 Å². The topological polar surface area (TPSA) is 62.5 Å². The first-order chi connectivity index (χ1) is 7.94. The maximum absolute atomic E-state index is 5.19. The molecule has 0 amide bonds. The highest BCUT2D eigenvalue weighted by atomic mass is 16.5. The maximum Gasteiger partial charge on any atom is 0.191 e. The fourth-order valence-electron chi connectivity index (χ4n) is 1.31. The van der Waals surface area contributed by atoms with E-state index in [-0.39, 0.29) is 5.54 Å². The molecule has 0 atom stereocenters. The monoisotopic (exact) mass is 238 g/mol. The van der Waals surface area contributed by atoms with Crippen molar-refractivity contribution in [3.8, 4) is 0 Å². The SMILES string of the molecule is CCc1cc(CNC(=NC)NC(C)(C)C)on1. The van der Waals surface area contributed by atoms with E-state index < -0.39 is 0 Å². The maximum atomic E-state index is 5.19. The summed E-state index contributed by atoms with van der Waals surface area (Å²) >= 11 is 0. The van der Waals surface area contributed by atoms with Crippen LogP contribution in [-0.4, -0.2) is 23.7 Å². The van der Waals surface area contributed by atoms with E-state index in [9.17, 15) is 0 Å². The summed E-state index contributed by atoms with van der Waals surface area (Å²) in [5, 5.41) is 10.4. The minimum Gasteiger partial charge on any atom is -0.359 e. The van der Waals surface area contributed by atoms with Gasteiger partial charge >= 0.3 is 0 Å². The van der Waals surface area contributed by atoms with Gasteiger partial charge in [-0.3, -0.25) is 4.99 Å². The van der Waals surface area contributed by atoms with Crippen molar-refractivity contribution in [1.29, 1.82) is 0 Å². The van der Waals surface area contributed by atoms with Gasteiger partial charge in [-0.05, 0) is 27.2 Å². The normalized spacial score (nSPS) is 12.6. The molecule has 0 saturated carbocycles.